The Labute approximate surface area is 176 Å². The van der Waals surface area contributed by atoms with Crippen LogP contribution in [-0.2, 0) is 11.3 Å². The number of aromatic nitrogens is 4. The van der Waals surface area contributed by atoms with Gasteiger partial charge in [-0.3, -0.25) is 10.0 Å². The van der Waals surface area contributed by atoms with Gasteiger partial charge >= 0.3 is 0 Å². The standard InChI is InChI=1S/C18H21N7O4S/c1-10-5-11-12(29-9-28-11)6-13(10)30-18-23-15-16(19-2)21-8-22-17(15)25(18)4-3-20-7-14(26)24-27/h5-6,8,20,27H,3-4,7,9H2,1-2H3,(H,24,26)(H,19,21,22). The number of hydrogen-bond donors (Lipinski definition) is 4. The van der Waals surface area contributed by atoms with Gasteiger partial charge in [-0.25, -0.2) is 20.4 Å². The molecule has 3 heterocycles. The predicted molar refractivity (Wildman–Crippen MR) is 109 cm³/mol. The molecule has 0 atom stereocenters. The first kappa shape index (κ1) is 20.2. The second kappa shape index (κ2) is 8.73. The molecule has 0 bridgehead atoms. The molecule has 3 aromatic rings. The lowest BCUT2D eigenvalue weighted by atomic mass is 10.2. The fourth-order valence-electron chi connectivity index (χ4n) is 3.04. The van der Waals surface area contributed by atoms with Gasteiger partial charge in [-0.15, -0.1) is 0 Å². The van der Waals surface area contributed by atoms with Crippen molar-refractivity contribution in [2.75, 3.05) is 32.2 Å². The summed E-state index contributed by atoms with van der Waals surface area (Å²) in [5, 5.41) is 15.4. The van der Waals surface area contributed by atoms with Gasteiger partial charge in [-0.05, 0) is 24.6 Å². The zero-order valence-electron chi connectivity index (χ0n) is 16.4. The molecule has 2 aromatic heterocycles. The van der Waals surface area contributed by atoms with E-state index < -0.39 is 5.91 Å². The molecule has 4 rings (SSSR count). The Kier molecular flexibility index (Phi) is 5.88. The van der Waals surface area contributed by atoms with Crippen LogP contribution in [0.5, 0.6) is 11.5 Å². The second-order valence-electron chi connectivity index (χ2n) is 6.48. The largest absolute Gasteiger partial charge is 0.454 e. The second-order valence-corrected chi connectivity index (χ2v) is 7.48. The topological polar surface area (TPSA) is 135 Å². The molecule has 0 aliphatic carbocycles. The van der Waals surface area contributed by atoms with Crippen LogP contribution in [0.3, 0.4) is 0 Å². The molecular formula is C18H21N7O4S. The van der Waals surface area contributed by atoms with E-state index in [1.54, 1.807) is 12.5 Å². The van der Waals surface area contributed by atoms with Crippen LogP contribution >= 0.6 is 11.8 Å². The minimum absolute atomic E-state index is 0.00360. The van der Waals surface area contributed by atoms with Crippen molar-refractivity contribution in [3.8, 4) is 11.5 Å². The molecule has 1 aliphatic heterocycles. The number of anilines is 1. The minimum atomic E-state index is -0.504. The van der Waals surface area contributed by atoms with Crippen molar-refractivity contribution < 1.29 is 19.5 Å². The van der Waals surface area contributed by atoms with Crippen LogP contribution in [0.4, 0.5) is 5.82 Å². The first-order valence-corrected chi connectivity index (χ1v) is 10.0. The monoisotopic (exact) mass is 431 g/mol. The Morgan fingerprint density at radius 1 is 1.30 bits per heavy atom. The lowest BCUT2D eigenvalue weighted by molar-refractivity contribution is -0.128. The lowest BCUT2D eigenvalue weighted by Gasteiger charge is -2.11. The van der Waals surface area contributed by atoms with Crippen molar-refractivity contribution in [3.63, 3.8) is 0 Å². The normalized spacial score (nSPS) is 12.4. The van der Waals surface area contributed by atoms with Gasteiger partial charge in [-0.1, -0.05) is 11.8 Å². The average Bonchev–Trinajstić information content (AvgIpc) is 3.34. The van der Waals surface area contributed by atoms with Gasteiger partial charge in [-0.2, -0.15) is 0 Å². The average molecular weight is 431 g/mol. The highest BCUT2D eigenvalue weighted by atomic mass is 32.2. The molecule has 12 heteroatoms. The molecule has 4 N–H and O–H groups in total. The summed E-state index contributed by atoms with van der Waals surface area (Å²) in [7, 11) is 1.78. The number of ether oxygens (including phenoxy) is 2. The van der Waals surface area contributed by atoms with Crippen LogP contribution in [0.1, 0.15) is 5.56 Å². The molecule has 1 amide bonds. The SMILES string of the molecule is CNc1ncnc2c1nc(Sc1cc3c(cc1C)OCO3)n2CCNCC(=O)NO. The van der Waals surface area contributed by atoms with Gasteiger partial charge in [0.2, 0.25) is 6.79 Å². The van der Waals surface area contributed by atoms with E-state index in [-0.39, 0.29) is 13.3 Å². The molecule has 0 unspecified atom stereocenters. The third-order valence-corrected chi connectivity index (χ3v) is 5.68. The lowest BCUT2D eigenvalue weighted by Crippen LogP contribution is -2.33. The quantitative estimate of drug-likeness (QED) is 0.234. The van der Waals surface area contributed by atoms with E-state index in [0.29, 0.717) is 35.8 Å². The number of imidazole rings is 1. The predicted octanol–water partition coefficient (Wildman–Crippen LogP) is 1.15. The van der Waals surface area contributed by atoms with Gasteiger partial charge in [0.05, 0.1) is 6.54 Å². The molecule has 30 heavy (non-hydrogen) atoms. The zero-order chi connectivity index (χ0) is 21.1. The molecule has 1 aromatic carbocycles. The van der Waals surface area contributed by atoms with Crippen LogP contribution in [0.25, 0.3) is 11.2 Å². The molecule has 0 saturated carbocycles. The minimum Gasteiger partial charge on any atom is -0.454 e. The van der Waals surface area contributed by atoms with Gasteiger partial charge in [0, 0.05) is 25.0 Å². The molecule has 0 fully saturated rings. The van der Waals surface area contributed by atoms with Crippen molar-refractivity contribution in [1.29, 1.82) is 0 Å². The summed E-state index contributed by atoms with van der Waals surface area (Å²) in [5.41, 5.74) is 3.99. The Balaban J connectivity index is 1.65. The van der Waals surface area contributed by atoms with E-state index in [9.17, 15) is 4.79 Å². The summed E-state index contributed by atoms with van der Waals surface area (Å²) in [6.07, 6.45) is 1.49. The van der Waals surface area contributed by atoms with E-state index >= 15 is 0 Å². The Morgan fingerprint density at radius 3 is 2.87 bits per heavy atom. The number of hydrogen-bond acceptors (Lipinski definition) is 10. The van der Waals surface area contributed by atoms with Gasteiger partial charge in [0.15, 0.2) is 33.6 Å². The van der Waals surface area contributed by atoms with Crippen LogP contribution in [0.15, 0.2) is 28.5 Å². The van der Waals surface area contributed by atoms with Crippen molar-refractivity contribution >= 4 is 34.7 Å². The summed E-state index contributed by atoms with van der Waals surface area (Å²) < 4.78 is 12.9. The number of aryl methyl sites for hydroxylation is 1. The summed E-state index contributed by atoms with van der Waals surface area (Å²) in [6.45, 7) is 3.22. The molecular weight excluding hydrogens is 410 g/mol. The zero-order valence-corrected chi connectivity index (χ0v) is 17.2. The van der Waals surface area contributed by atoms with E-state index in [1.807, 2.05) is 23.6 Å². The van der Waals surface area contributed by atoms with Crippen LogP contribution in [-0.4, -0.2) is 57.6 Å². The third-order valence-electron chi connectivity index (χ3n) is 4.53. The fraction of sp³-hybridized carbons (Fsp3) is 0.333. The van der Waals surface area contributed by atoms with Crippen molar-refractivity contribution in [1.82, 2.24) is 30.3 Å². The Bertz CT molecular complexity index is 1090. The first-order chi connectivity index (χ1) is 14.6. The summed E-state index contributed by atoms with van der Waals surface area (Å²) in [4.78, 5) is 25.6. The number of nitrogens with zero attached hydrogens (tertiary/aromatic N) is 4. The fourth-order valence-corrected chi connectivity index (χ4v) is 4.05. The number of nitrogens with one attached hydrogen (secondary N) is 3. The van der Waals surface area contributed by atoms with E-state index in [4.69, 9.17) is 19.7 Å². The van der Waals surface area contributed by atoms with Gasteiger partial charge < -0.3 is 24.7 Å². The van der Waals surface area contributed by atoms with Crippen LogP contribution in [0.2, 0.25) is 0 Å². The maximum absolute atomic E-state index is 11.2. The van der Waals surface area contributed by atoms with E-state index in [1.165, 1.54) is 18.1 Å². The number of benzene rings is 1. The number of hydroxylamine groups is 1. The molecule has 0 radical (unpaired) electrons. The van der Waals surface area contributed by atoms with Crippen LogP contribution < -0.4 is 25.6 Å². The number of amides is 1. The van der Waals surface area contributed by atoms with Crippen molar-refractivity contribution in [2.45, 2.75) is 23.5 Å². The highest BCUT2D eigenvalue weighted by Crippen LogP contribution is 2.40. The molecule has 11 nitrogen and oxygen atoms in total. The molecule has 158 valence electrons. The summed E-state index contributed by atoms with van der Waals surface area (Å²) in [6, 6.07) is 3.89. The van der Waals surface area contributed by atoms with Gasteiger partial charge in [0.25, 0.3) is 5.91 Å². The van der Waals surface area contributed by atoms with Crippen molar-refractivity contribution in [2.24, 2.45) is 0 Å². The number of carbonyl (C=O) groups is 1. The summed E-state index contributed by atoms with van der Waals surface area (Å²) >= 11 is 1.49. The maximum Gasteiger partial charge on any atom is 0.257 e. The van der Waals surface area contributed by atoms with Gasteiger partial charge in [0.1, 0.15) is 6.33 Å². The Morgan fingerprint density at radius 2 is 2.10 bits per heavy atom. The Hall–Kier alpha value is -3.09. The summed E-state index contributed by atoms with van der Waals surface area (Å²) in [5.74, 6) is 1.57. The first-order valence-electron chi connectivity index (χ1n) is 9.21. The van der Waals surface area contributed by atoms with Crippen molar-refractivity contribution in [3.05, 3.63) is 24.0 Å². The highest BCUT2D eigenvalue weighted by Gasteiger charge is 2.20. The van der Waals surface area contributed by atoms with E-state index in [2.05, 4.69) is 20.6 Å². The smallest absolute Gasteiger partial charge is 0.257 e. The number of fused-ring (bicyclic) bond motifs is 2. The number of rotatable bonds is 8. The molecule has 1 aliphatic rings. The number of carbonyl (C=O) groups excluding carboxylic acids is 1. The highest BCUT2D eigenvalue weighted by molar-refractivity contribution is 7.99. The third kappa shape index (κ3) is 3.97. The van der Waals surface area contributed by atoms with E-state index in [0.717, 1.165) is 21.4 Å². The molecule has 0 saturated heterocycles. The maximum atomic E-state index is 11.2. The van der Waals surface area contributed by atoms with Crippen LogP contribution in [0, 0.1) is 6.92 Å². The molecule has 0 spiro atoms.